The predicted octanol–water partition coefficient (Wildman–Crippen LogP) is -2.07. The first-order chi connectivity index (χ1) is 4.34. The van der Waals surface area contributed by atoms with Gasteiger partial charge in [-0.3, -0.25) is 0 Å². The lowest BCUT2D eigenvalue weighted by molar-refractivity contribution is 0.583. The van der Waals surface area contributed by atoms with Gasteiger partial charge in [-0.25, -0.2) is 9.89 Å². The molecule has 9 heavy (non-hydrogen) atoms. The molecule has 1 aromatic heterocycles. The van der Waals surface area contributed by atoms with E-state index in [0.29, 0.717) is 13.1 Å². The van der Waals surface area contributed by atoms with Crippen molar-refractivity contribution in [1.82, 2.24) is 20.2 Å². The van der Waals surface area contributed by atoms with Gasteiger partial charge in [0.25, 0.3) is 0 Å². The van der Waals surface area contributed by atoms with Crippen LogP contribution in [0.25, 0.3) is 0 Å². The molecule has 0 atom stereocenters. The van der Waals surface area contributed by atoms with Crippen LogP contribution >= 0.6 is 0 Å². The van der Waals surface area contributed by atoms with Crippen LogP contribution in [0.2, 0.25) is 0 Å². The van der Waals surface area contributed by atoms with E-state index < -0.39 is 0 Å². The predicted molar refractivity (Wildman–Crippen MR) is 29.7 cm³/mol. The van der Waals surface area contributed by atoms with Crippen LogP contribution in [0.4, 0.5) is 0 Å². The summed E-state index contributed by atoms with van der Waals surface area (Å²) in [5.74, 6) is 0. The van der Waals surface area contributed by atoms with Crippen LogP contribution in [-0.4, -0.2) is 26.8 Å². The Balaban J connectivity index is 2.81. The van der Waals surface area contributed by atoms with Crippen molar-refractivity contribution in [2.45, 2.75) is 6.54 Å². The fourth-order valence-electron chi connectivity index (χ4n) is 0.486. The highest BCUT2D eigenvalue weighted by Gasteiger charge is 1.93. The van der Waals surface area contributed by atoms with Crippen molar-refractivity contribution in [1.29, 1.82) is 0 Å². The Morgan fingerprint density at radius 2 is 2.56 bits per heavy atom. The average Bonchev–Trinajstić information content (AvgIpc) is 2.18. The number of rotatable bonds is 2. The molecule has 0 aliphatic rings. The maximum absolute atomic E-state index is 10.5. The lowest BCUT2D eigenvalue weighted by Gasteiger charge is -1.88. The zero-order valence-corrected chi connectivity index (χ0v) is 4.74. The van der Waals surface area contributed by atoms with Gasteiger partial charge in [0, 0.05) is 6.54 Å². The molecule has 0 fully saturated rings. The third-order valence-corrected chi connectivity index (χ3v) is 0.874. The maximum atomic E-state index is 10.5. The number of aromatic nitrogens is 4. The number of nitrogens with one attached hydrogen (secondary N) is 1. The number of tetrazole rings is 1. The molecule has 0 saturated carbocycles. The van der Waals surface area contributed by atoms with Crippen LogP contribution in [-0.2, 0) is 6.54 Å². The summed E-state index contributed by atoms with van der Waals surface area (Å²) < 4.78 is 1.17. The lowest BCUT2D eigenvalue weighted by Crippen LogP contribution is -2.22. The van der Waals surface area contributed by atoms with Crippen molar-refractivity contribution in [2.75, 3.05) is 6.54 Å². The maximum Gasteiger partial charge on any atom is 0.361 e. The first-order valence-electron chi connectivity index (χ1n) is 2.53. The van der Waals surface area contributed by atoms with Crippen LogP contribution in [0.1, 0.15) is 0 Å². The first-order valence-corrected chi connectivity index (χ1v) is 2.53. The molecule has 0 unspecified atom stereocenters. The number of hydrogen-bond acceptors (Lipinski definition) is 4. The Morgan fingerprint density at radius 1 is 1.78 bits per heavy atom. The molecule has 0 aliphatic heterocycles. The third kappa shape index (κ3) is 1.14. The molecule has 0 aromatic carbocycles. The number of H-pyrrole nitrogens is 1. The monoisotopic (exact) mass is 129 g/mol. The van der Waals surface area contributed by atoms with Gasteiger partial charge in [-0.15, -0.1) is 0 Å². The van der Waals surface area contributed by atoms with Crippen molar-refractivity contribution in [3.63, 3.8) is 0 Å². The van der Waals surface area contributed by atoms with E-state index in [0.717, 1.165) is 0 Å². The summed E-state index contributed by atoms with van der Waals surface area (Å²) >= 11 is 0. The number of hydrogen-bond donors (Lipinski definition) is 2. The molecule has 1 heterocycles. The van der Waals surface area contributed by atoms with E-state index in [-0.39, 0.29) is 5.69 Å². The van der Waals surface area contributed by atoms with E-state index >= 15 is 0 Å². The molecule has 1 aromatic rings. The lowest BCUT2D eigenvalue weighted by atomic mass is 10.7. The number of aromatic amines is 1. The fraction of sp³-hybridized carbons (Fsp3) is 0.667. The highest BCUT2D eigenvalue weighted by Crippen LogP contribution is 1.63. The molecule has 0 bridgehead atoms. The molecule has 0 spiro atoms. The van der Waals surface area contributed by atoms with Crippen molar-refractivity contribution in [3.8, 4) is 0 Å². The molecule has 0 aliphatic carbocycles. The van der Waals surface area contributed by atoms with E-state index in [9.17, 15) is 4.79 Å². The molecule has 1 rings (SSSR count). The van der Waals surface area contributed by atoms with Gasteiger partial charge in [0.15, 0.2) is 0 Å². The molecule has 0 saturated heterocycles. The van der Waals surface area contributed by atoms with Gasteiger partial charge >= 0.3 is 5.69 Å². The highest BCUT2D eigenvalue weighted by molar-refractivity contribution is 4.50. The zero-order chi connectivity index (χ0) is 6.69. The van der Waals surface area contributed by atoms with Gasteiger partial charge in [-0.1, -0.05) is 0 Å². The van der Waals surface area contributed by atoms with Gasteiger partial charge in [-0.05, 0) is 10.4 Å². The van der Waals surface area contributed by atoms with Crippen LogP contribution in [0.3, 0.4) is 0 Å². The number of nitrogens with zero attached hydrogens (tertiary/aromatic N) is 3. The molecule has 6 heteroatoms. The smallest absolute Gasteiger partial charge is 0.329 e. The van der Waals surface area contributed by atoms with Gasteiger partial charge < -0.3 is 5.73 Å². The van der Waals surface area contributed by atoms with Crippen LogP contribution in [0, 0.1) is 0 Å². The van der Waals surface area contributed by atoms with E-state index in [1.54, 1.807) is 0 Å². The minimum Gasteiger partial charge on any atom is -0.329 e. The SMILES string of the molecule is NCCn1nn[nH]c1=O. The molecule has 3 N–H and O–H groups in total. The Hall–Kier alpha value is -1.17. The Bertz CT molecular complexity index is 224. The minimum absolute atomic E-state index is 0.319. The quantitative estimate of drug-likeness (QED) is 0.479. The summed E-state index contributed by atoms with van der Waals surface area (Å²) in [4.78, 5) is 10.5. The molecular weight excluding hydrogens is 122 g/mol. The second kappa shape index (κ2) is 2.40. The summed E-state index contributed by atoms with van der Waals surface area (Å²) in [6, 6.07) is 0. The molecule has 50 valence electrons. The summed E-state index contributed by atoms with van der Waals surface area (Å²) in [5, 5.41) is 8.83. The Labute approximate surface area is 50.6 Å². The normalized spacial score (nSPS) is 9.89. The van der Waals surface area contributed by atoms with Gasteiger partial charge in [0.2, 0.25) is 0 Å². The van der Waals surface area contributed by atoms with Gasteiger partial charge in [0.1, 0.15) is 0 Å². The van der Waals surface area contributed by atoms with E-state index in [1.807, 2.05) is 0 Å². The largest absolute Gasteiger partial charge is 0.361 e. The molecule has 0 radical (unpaired) electrons. The summed E-state index contributed by atoms with van der Waals surface area (Å²) in [6.07, 6.45) is 0. The second-order valence-corrected chi connectivity index (χ2v) is 1.52. The van der Waals surface area contributed by atoms with Crippen LogP contribution in [0.5, 0.6) is 0 Å². The molecule has 0 amide bonds. The Kier molecular flexibility index (Phi) is 1.59. The molecule has 6 nitrogen and oxygen atoms in total. The van der Waals surface area contributed by atoms with E-state index in [2.05, 4.69) is 15.5 Å². The average molecular weight is 129 g/mol. The zero-order valence-electron chi connectivity index (χ0n) is 4.74. The van der Waals surface area contributed by atoms with Gasteiger partial charge in [-0.2, -0.15) is 4.68 Å². The molecular formula is C3H7N5O. The topological polar surface area (TPSA) is 89.6 Å². The first kappa shape index (κ1) is 5.96. The van der Waals surface area contributed by atoms with Crippen molar-refractivity contribution < 1.29 is 0 Å². The summed E-state index contributed by atoms with van der Waals surface area (Å²) in [6.45, 7) is 0.807. The summed E-state index contributed by atoms with van der Waals surface area (Å²) in [7, 11) is 0. The van der Waals surface area contributed by atoms with Crippen molar-refractivity contribution in [2.24, 2.45) is 5.73 Å². The third-order valence-electron chi connectivity index (χ3n) is 0.874. The standard InChI is InChI=1S/C3H7N5O/c4-1-2-8-3(9)5-6-7-8/h1-2,4H2,(H,5,7,9). The van der Waals surface area contributed by atoms with Crippen molar-refractivity contribution in [3.05, 3.63) is 10.5 Å². The van der Waals surface area contributed by atoms with Gasteiger partial charge in [0.05, 0.1) is 6.54 Å². The van der Waals surface area contributed by atoms with Crippen LogP contribution < -0.4 is 11.4 Å². The fourth-order valence-corrected chi connectivity index (χ4v) is 0.486. The van der Waals surface area contributed by atoms with Crippen molar-refractivity contribution >= 4 is 0 Å². The minimum atomic E-state index is -0.319. The number of nitrogens with two attached hydrogens (primary N) is 1. The second-order valence-electron chi connectivity index (χ2n) is 1.52. The highest BCUT2D eigenvalue weighted by atomic mass is 16.2. The van der Waals surface area contributed by atoms with E-state index in [4.69, 9.17) is 5.73 Å². The van der Waals surface area contributed by atoms with Crippen LogP contribution in [0.15, 0.2) is 4.79 Å². The Morgan fingerprint density at radius 3 is 3.00 bits per heavy atom. The van der Waals surface area contributed by atoms with E-state index in [1.165, 1.54) is 4.68 Å². The summed E-state index contributed by atoms with van der Waals surface area (Å²) in [5.41, 5.74) is 4.83.